The molecule has 1 aromatic rings. The van der Waals surface area contributed by atoms with E-state index >= 15 is 0 Å². The number of nitrogens with zero attached hydrogens (tertiary/aromatic N) is 2. The van der Waals surface area contributed by atoms with Gasteiger partial charge in [0.2, 0.25) is 5.91 Å². The maximum atomic E-state index is 12.9. The molecule has 4 heteroatoms. The van der Waals surface area contributed by atoms with Crippen LogP contribution in [0.15, 0.2) is 30.3 Å². The molecule has 1 aromatic carbocycles. The van der Waals surface area contributed by atoms with Gasteiger partial charge >= 0.3 is 0 Å². The Kier molecular flexibility index (Phi) is 4.27. The number of amides is 1. The van der Waals surface area contributed by atoms with Crippen LogP contribution in [-0.2, 0) is 11.3 Å². The highest BCUT2D eigenvalue weighted by molar-refractivity contribution is 5.87. The summed E-state index contributed by atoms with van der Waals surface area (Å²) in [5.41, 5.74) is 0.953. The minimum Gasteiger partial charge on any atom is -0.395 e. The van der Waals surface area contributed by atoms with E-state index < -0.39 is 0 Å². The van der Waals surface area contributed by atoms with Gasteiger partial charge in [-0.05, 0) is 37.8 Å². The predicted octanol–water partition coefficient (Wildman–Crippen LogP) is 1.64. The van der Waals surface area contributed by atoms with Crippen molar-refractivity contribution < 1.29 is 9.90 Å². The van der Waals surface area contributed by atoms with E-state index in [9.17, 15) is 4.79 Å². The average Bonchev–Trinajstić information content (AvgIpc) is 2.89. The number of carbonyl (C=O) groups excluding carboxylic acids is 1. The number of piperidine rings is 1. The van der Waals surface area contributed by atoms with Gasteiger partial charge in [-0.2, -0.15) is 0 Å². The quantitative estimate of drug-likeness (QED) is 0.916. The summed E-state index contributed by atoms with van der Waals surface area (Å²) in [6.45, 7) is 3.16. The van der Waals surface area contributed by atoms with Crippen molar-refractivity contribution in [2.45, 2.75) is 37.8 Å². The summed E-state index contributed by atoms with van der Waals surface area (Å²) in [5, 5.41) is 9.16. The van der Waals surface area contributed by atoms with Gasteiger partial charge in [-0.1, -0.05) is 30.3 Å². The van der Waals surface area contributed by atoms with Gasteiger partial charge in [-0.3, -0.25) is 9.69 Å². The number of carbonyl (C=O) groups is 1. The largest absolute Gasteiger partial charge is 0.395 e. The normalized spacial score (nSPS) is 26.7. The lowest BCUT2D eigenvalue weighted by molar-refractivity contribution is -0.148. The Labute approximate surface area is 126 Å². The summed E-state index contributed by atoms with van der Waals surface area (Å²) in [6, 6.07) is 10.4. The van der Waals surface area contributed by atoms with E-state index in [1.807, 2.05) is 11.0 Å². The molecule has 1 amide bonds. The topological polar surface area (TPSA) is 43.8 Å². The molecule has 21 heavy (non-hydrogen) atoms. The van der Waals surface area contributed by atoms with Gasteiger partial charge in [0, 0.05) is 19.6 Å². The first kappa shape index (κ1) is 14.5. The minimum atomic E-state index is -0.316. The SMILES string of the molecule is O=C1N(CCO)CCCC12CCCN2Cc1ccccc1. The Morgan fingerprint density at radius 3 is 2.52 bits per heavy atom. The van der Waals surface area contributed by atoms with Crippen LogP contribution >= 0.6 is 0 Å². The lowest BCUT2D eigenvalue weighted by Gasteiger charge is -2.44. The minimum absolute atomic E-state index is 0.0561. The second kappa shape index (κ2) is 6.16. The average molecular weight is 288 g/mol. The molecule has 0 radical (unpaired) electrons. The van der Waals surface area contributed by atoms with Crippen molar-refractivity contribution in [1.29, 1.82) is 0 Å². The molecule has 2 aliphatic heterocycles. The number of aliphatic hydroxyl groups excluding tert-OH is 1. The summed E-state index contributed by atoms with van der Waals surface area (Å²) in [4.78, 5) is 17.1. The first-order valence-electron chi connectivity index (χ1n) is 7.95. The summed E-state index contributed by atoms with van der Waals surface area (Å²) in [6.07, 6.45) is 4.05. The summed E-state index contributed by atoms with van der Waals surface area (Å²) in [7, 11) is 0. The number of hydrogen-bond donors (Lipinski definition) is 1. The predicted molar refractivity (Wildman–Crippen MR) is 81.7 cm³/mol. The molecule has 2 aliphatic rings. The van der Waals surface area contributed by atoms with Crippen LogP contribution in [0.4, 0.5) is 0 Å². The molecular weight excluding hydrogens is 264 g/mol. The van der Waals surface area contributed by atoms with E-state index in [0.717, 1.165) is 45.3 Å². The van der Waals surface area contributed by atoms with E-state index in [1.54, 1.807) is 0 Å². The Hall–Kier alpha value is -1.39. The van der Waals surface area contributed by atoms with Crippen LogP contribution in [0.2, 0.25) is 0 Å². The number of benzene rings is 1. The molecule has 2 saturated heterocycles. The van der Waals surface area contributed by atoms with E-state index in [0.29, 0.717) is 6.54 Å². The zero-order valence-electron chi connectivity index (χ0n) is 12.5. The fraction of sp³-hybridized carbons (Fsp3) is 0.588. The van der Waals surface area contributed by atoms with Crippen LogP contribution < -0.4 is 0 Å². The van der Waals surface area contributed by atoms with Gasteiger partial charge in [0.25, 0.3) is 0 Å². The molecule has 1 unspecified atom stereocenters. The smallest absolute Gasteiger partial charge is 0.243 e. The summed E-state index contributed by atoms with van der Waals surface area (Å²) < 4.78 is 0. The van der Waals surface area contributed by atoms with Crippen molar-refractivity contribution in [3.63, 3.8) is 0 Å². The number of aliphatic hydroxyl groups is 1. The molecule has 2 heterocycles. The van der Waals surface area contributed by atoms with Crippen molar-refractivity contribution >= 4 is 5.91 Å². The van der Waals surface area contributed by atoms with Crippen molar-refractivity contribution in [2.24, 2.45) is 0 Å². The monoisotopic (exact) mass is 288 g/mol. The second-order valence-corrected chi connectivity index (χ2v) is 6.16. The molecule has 3 rings (SSSR count). The highest BCUT2D eigenvalue weighted by atomic mass is 16.3. The van der Waals surface area contributed by atoms with Crippen LogP contribution in [0.25, 0.3) is 0 Å². The lowest BCUT2D eigenvalue weighted by atomic mass is 9.85. The van der Waals surface area contributed by atoms with Gasteiger partial charge in [0.1, 0.15) is 5.54 Å². The Morgan fingerprint density at radius 2 is 1.81 bits per heavy atom. The molecule has 2 fully saturated rings. The number of likely N-dealkylation sites (tertiary alicyclic amines) is 2. The molecule has 1 spiro atoms. The molecule has 1 N–H and O–H groups in total. The highest BCUT2D eigenvalue weighted by Crippen LogP contribution is 2.39. The Morgan fingerprint density at radius 1 is 1.10 bits per heavy atom. The molecule has 0 saturated carbocycles. The first-order valence-corrected chi connectivity index (χ1v) is 7.95. The van der Waals surface area contributed by atoms with Crippen molar-refractivity contribution in [3.05, 3.63) is 35.9 Å². The molecule has 0 aliphatic carbocycles. The van der Waals surface area contributed by atoms with Gasteiger partial charge in [-0.25, -0.2) is 0 Å². The third-order valence-corrected chi connectivity index (χ3v) is 4.91. The van der Waals surface area contributed by atoms with Crippen LogP contribution in [0.5, 0.6) is 0 Å². The van der Waals surface area contributed by atoms with Crippen LogP contribution in [0, 0.1) is 0 Å². The van der Waals surface area contributed by atoms with E-state index in [2.05, 4.69) is 29.2 Å². The van der Waals surface area contributed by atoms with E-state index in [4.69, 9.17) is 5.11 Å². The standard InChI is InChI=1S/C17H24N2O2/c20-13-12-18-10-4-8-17(16(18)21)9-5-11-19(17)14-15-6-2-1-3-7-15/h1-3,6-7,20H,4-5,8-14H2. The zero-order valence-corrected chi connectivity index (χ0v) is 12.5. The molecule has 0 aromatic heterocycles. The lowest BCUT2D eigenvalue weighted by Crippen LogP contribution is -2.60. The van der Waals surface area contributed by atoms with Crippen molar-refractivity contribution in [1.82, 2.24) is 9.80 Å². The van der Waals surface area contributed by atoms with Gasteiger partial charge < -0.3 is 10.0 Å². The second-order valence-electron chi connectivity index (χ2n) is 6.16. The molecule has 4 nitrogen and oxygen atoms in total. The number of β-amino-alcohol motifs (C(OH)–C–C–N with tert-alkyl or cyclic N) is 1. The Balaban J connectivity index is 1.79. The fourth-order valence-electron chi connectivity index (χ4n) is 3.89. The number of hydrogen-bond acceptors (Lipinski definition) is 3. The zero-order chi connectivity index (χ0) is 14.7. The van der Waals surface area contributed by atoms with Crippen LogP contribution in [0.1, 0.15) is 31.2 Å². The molecule has 1 atom stereocenters. The van der Waals surface area contributed by atoms with Gasteiger partial charge in [-0.15, -0.1) is 0 Å². The molecule has 114 valence electrons. The number of rotatable bonds is 4. The molecular formula is C17H24N2O2. The Bertz CT molecular complexity index is 489. The van der Waals surface area contributed by atoms with E-state index in [1.165, 1.54) is 5.56 Å². The summed E-state index contributed by atoms with van der Waals surface area (Å²) >= 11 is 0. The first-order chi connectivity index (χ1) is 10.3. The molecule has 0 bridgehead atoms. The maximum absolute atomic E-state index is 12.9. The maximum Gasteiger partial charge on any atom is 0.243 e. The van der Waals surface area contributed by atoms with Crippen molar-refractivity contribution in [3.8, 4) is 0 Å². The van der Waals surface area contributed by atoms with Crippen molar-refractivity contribution in [2.75, 3.05) is 26.2 Å². The van der Waals surface area contributed by atoms with Gasteiger partial charge in [0.05, 0.1) is 6.61 Å². The van der Waals surface area contributed by atoms with Crippen LogP contribution in [-0.4, -0.2) is 52.6 Å². The van der Waals surface area contributed by atoms with Gasteiger partial charge in [0.15, 0.2) is 0 Å². The van der Waals surface area contributed by atoms with Crippen LogP contribution in [0.3, 0.4) is 0 Å². The highest BCUT2D eigenvalue weighted by Gasteiger charge is 2.50. The summed E-state index contributed by atoms with van der Waals surface area (Å²) in [5.74, 6) is 0.233. The third kappa shape index (κ3) is 2.70. The fourth-order valence-corrected chi connectivity index (χ4v) is 3.89. The third-order valence-electron chi connectivity index (χ3n) is 4.91. The van der Waals surface area contributed by atoms with E-state index in [-0.39, 0.29) is 18.1 Å².